The van der Waals surface area contributed by atoms with Gasteiger partial charge in [0.25, 0.3) is 5.91 Å². The summed E-state index contributed by atoms with van der Waals surface area (Å²) in [4.78, 5) is 16.6. The second-order valence-electron chi connectivity index (χ2n) is 6.85. The normalized spacial score (nSPS) is 13.4. The molecule has 0 N–H and O–H groups in total. The van der Waals surface area contributed by atoms with Gasteiger partial charge in [0, 0.05) is 19.3 Å². The summed E-state index contributed by atoms with van der Waals surface area (Å²) < 4.78 is 20.2. The van der Waals surface area contributed by atoms with Crippen LogP contribution in [0, 0.1) is 5.82 Å². The molecular formula is C21H20ClFN4O2. The van der Waals surface area contributed by atoms with Crippen LogP contribution in [0.2, 0.25) is 5.02 Å². The number of halogens is 2. The van der Waals surface area contributed by atoms with Crippen LogP contribution in [-0.4, -0.2) is 36.4 Å². The van der Waals surface area contributed by atoms with Gasteiger partial charge in [-0.1, -0.05) is 11.6 Å². The number of carbonyl (C=O) groups excluding carboxylic acids is 1. The summed E-state index contributed by atoms with van der Waals surface area (Å²) in [5.41, 5.74) is 2.80. The molecule has 1 amide bonds. The van der Waals surface area contributed by atoms with Crippen molar-refractivity contribution in [2.75, 3.05) is 30.5 Å². The molecule has 0 atom stereocenters. The fraction of sp³-hybridized carbons (Fsp3) is 0.238. The number of amides is 1. The van der Waals surface area contributed by atoms with E-state index in [1.54, 1.807) is 22.8 Å². The zero-order chi connectivity index (χ0) is 20.5. The van der Waals surface area contributed by atoms with E-state index in [1.807, 2.05) is 36.2 Å². The van der Waals surface area contributed by atoms with Crippen molar-refractivity contribution >= 4 is 28.9 Å². The summed E-state index contributed by atoms with van der Waals surface area (Å²) in [6, 6.07) is 13.6. The second kappa shape index (κ2) is 7.75. The van der Waals surface area contributed by atoms with Crippen molar-refractivity contribution in [3.8, 4) is 5.75 Å². The van der Waals surface area contributed by atoms with Crippen molar-refractivity contribution < 1.29 is 13.9 Å². The monoisotopic (exact) mass is 414 g/mol. The van der Waals surface area contributed by atoms with Crippen LogP contribution in [0.3, 0.4) is 0 Å². The minimum atomic E-state index is -0.433. The Kier molecular flexibility index (Phi) is 5.15. The Bertz CT molecular complexity index is 1050. The predicted molar refractivity (Wildman–Crippen MR) is 110 cm³/mol. The summed E-state index contributed by atoms with van der Waals surface area (Å²) in [5, 5.41) is 4.79. The Morgan fingerprint density at radius 1 is 1.17 bits per heavy atom. The molecule has 2 aromatic carbocycles. The van der Waals surface area contributed by atoms with Crippen LogP contribution in [0.5, 0.6) is 5.75 Å². The molecular weight excluding hydrogens is 395 g/mol. The van der Waals surface area contributed by atoms with Gasteiger partial charge in [-0.25, -0.2) is 4.39 Å². The van der Waals surface area contributed by atoms with Crippen molar-refractivity contribution in [3.05, 3.63) is 70.8 Å². The molecule has 0 saturated carbocycles. The third kappa shape index (κ3) is 3.78. The smallest absolute Gasteiger partial charge is 0.276 e. The van der Waals surface area contributed by atoms with Crippen LogP contribution < -0.4 is 14.5 Å². The highest BCUT2D eigenvalue weighted by Crippen LogP contribution is 2.30. The number of ether oxygens (including phenoxy) is 1. The summed E-state index contributed by atoms with van der Waals surface area (Å²) in [7, 11) is 3.60. The van der Waals surface area contributed by atoms with Crippen molar-refractivity contribution in [2.24, 2.45) is 0 Å². The molecule has 150 valence electrons. The maximum atomic E-state index is 13.3. The first kappa shape index (κ1) is 19.3. The molecule has 0 fully saturated rings. The van der Waals surface area contributed by atoms with E-state index < -0.39 is 5.82 Å². The van der Waals surface area contributed by atoms with E-state index in [4.69, 9.17) is 16.3 Å². The maximum absolute atomic E-state index is 13.3. The van der Waals surface area contributed by atoms with E-state index in [1.165, 1.54) is 18.2 Å². The fourth-order valence-electron chi connectivity index (χ4n) is 3.43. The van der Waals surface area contributed by atoms with Crippen LogP contribution >= 0.6 is 11.6 Å². The molecule has 3 aromatic rings. The Hall–Kier alpha value is -3.06. The van der Waals surface area contributed by atoms with Crippen molar-refractivity contribution in [1.29, 1.82) is 0 Å². The van der Waals surface area contributed by atoms with E-state index in [-0.39, 0.29) is 10.9 Å². The van der Waals surface area contributed by atoms with Crippen LogP contribution in [0.15, 0.2) is 48.5 Å². The Morgan fingerprint density at radius 2 is 1.93 bits per heavy atom. The third-order valence-electron chi connectivity index (χ3n) is 4.94. The number of nitrogens with zero attached hydrogens (tertiary/aromatic N) is 4. The highest BCUT2D eigenvalue weighted by Gasteiger charge is 2.29. The molecule has 4 rings (SSSR count). The molecule has 1 aliphatic heterocycles. The highest BCUT2D eigenvalue weighted by atomic mass is 35.5. The number of rotatable bonds is 5. The summed E-state index contributed by atoms with van der Waals surface area (Å²) in [6.45, 7) is 1.52. The topological polar surface area (TPSA) is 50.6 Å². The van der Waals surface area contributed by atoms with Crippen molar-refractivity contribution in [2.45, 2.75) is 13.1 Å². The van der Waals surface area contributed by atoms with Crippen molar-refractivity contribution in [3.63, 3.8) is 0 Å². The van der Waals surface area contributed by atoms with E-state index in [0.29, 0.717) is 31.0 Å². The minimum absolute atomic E-state index is 0.199. The average Bonchev–Trinajstić information content (AvgIpc) is 3.12. The van der Waals surface area contributed by atoms with Crippen LogP contribution in [0.1, 0.15) is 16.2 Å². The largest absolute Gasteiger partial charge is 0.497 e. The van der Waals surface area contributed by atoms with E-state index in [0.717, 1.165) is 17.1 Å². The van der Waals surface area contributed by atoms with E-state index >= 15 is 0 Å². The van der Waals surface area contributed by atoms with E-state index in [9.17, 15) is 9.18 Å². The predicted octanol–water partition coefficient (Wildman–Crippen LogP) is 3.98. The molecule has 0 saturated heterocycles. The number of aromatic nitrogens is 2. The molecule has 0 radical (unpaired) electrons. The fourth-order valence-corrected chi connectivity index (χ4v) is 3.69. The summed E-state index contributed by atoms with van der Waals surface area (Å²) in [6.07, 6.45) is 0. The van der Waals surface area contributed by atoms with Gasteiger partial charge in [-0.05, 0) is 48.5 Å². The van der Waals surface area contributed by atoms with Crippen molar-refractivity contribution in [1.82, 2.24) is 9.78 Å². The molecule has 0 spiro atoms. The van der Waals surface area contributed by atoms with Crippen LogP contribution in [-0.2, 0) is 13.1 Å². The first-order valence-electron chi connectivity index (χ1n) is 9.15. The lowest BCUT2D eigenvalue weighted by molar-refractivity contribution is 0.0962. The van der Waals surface area contributed by atoms with Gasteiger partial charge in [0.05, 0.1) is 36.6 Å². The van der Waals surface area contributed by atoms with Crippen LogP contribution in [0.25, 0.3) is 0 Å². The number of hydrogen-bond acceptors (Lipinski definition) is 4. The first-order valence-corrected chi connectivity index (χ1v) is 9.53. The lowest BCUT2D eigenvalue weighted by Gasteiger charge is -2.28. The van der Waals surface area contributed by atoms with Gasteiger partial charge in [-0.3, -0.25) is 9.48 Å². The summed E-state index contributed by atoms with van der Waals surface area (Å²) >= 11 is 6.15. The van der Waals surface area contributed by atoms with E-state index in [2.05, 4.69) is 5.10 Å². The molecule has 2 heterocycles. The highest BCUT2D eigenvalue weighted by molar-refractivity contribution is 6.34. The number of fused-ring (bicyclic) bond motifs is 1. The SMILES string of the molecule is COc1ccc(N(C)Cc2cc3n(n2)CCN(c2ccc(F)cc2Cl)C3=O)cc1. The Morgan fingerprint density at radius 3 is 2.62 bits per heavy atom. The third-order valence-corrected chi connectivity index (χ3v) is 5.25. The van der Waals surface area contributed by atoms with Gasteiger partial charge in [0.2, 0.25) is 0 Å². The molecule has 8 heteroatoms. The molecule has 0 unspecified atom stereocenters. The van der Waals surface area contributed by atoms with Crippen LogP contribution in [0.4, 0.5) is 15.8 Å². The zero-order valence-electron chi connectivity index (χ0n) is 16.1. The number of hydrogen-bond donors (Lipinski definition) is 0. The van der Waals surface area contributed by atoms with Gasteiger partial charge in [-0.2, -0.15) is 5.10 Å². The molecule has 6 nitrogen and oxygen atoms in total. The maximum Gasteiger partial charge on any atom is 0.276 e. The van der Waals surface area contributed by atoms with Gasteiger partial charge >= 0.3 is 0 Å². The quantitative estimate of drug-likeness (QED) is 0.633. The number of carbonyl (C=O) groups is 1. The standard InChI is InChI=1S/C21H20ClFN4O2/c1-25(16-4-6-17(29-2)7-5-16)13-15-12-20-21(28)26(9-10-27(20)24-15)19-8-3-14(23)11-18(19)22/h3-8,11-12H,9-10,13H2,1-2H3. The number of methoxy groups -OCH3 is 1. The molecule has 29 heavy (non-hydrogen) atoms. The number of benzene rings is 2. The molecule has 1 aliphatic rings. The lowest BCUT2D eigenvalue weighted by Crippen LogP contribution is -2.40. The Balaban J connectivity index is 1.53. The Labute approximate surface area is 173 Å². The second-order valence-corrected chi connectivity index (χ2v) is 7.26. The molecule has 0 bridgehead atoms. The number of anilines is 2. The van der Waals surface area contributed by atoms with Gasteiger partial charge in [0.15, 0.2) is 0 Å². The lowest BCUT2D eigenvalue weighted by atomic mass is 10.2. The minimum Gasteiger partial charge on any atom is -0.497 e. The zero-order valence-corrected chi connectivity index (χ0v) is 16.9. The van der Waals surface area contributed by atoms with Gasteiger partial charge in [0.1, 0.15) is 17.3 Å². The average molecular weight is 415 g/mol. The van der Waals surface area contributed by atoms with Gasteiger partial charge in [-0.15, -0.1) is 0 Å². The summed E-state index contributed by atoms with van der Waals surface area (Å²) in [5.74, 6) is 0.164. The van der Waals surface area contributed by atoms with Gasteiger partial charge < -0.3 is 14.5 Å². The molecule has 0 aliphatic carbocycles. The molecule has 1 aromatic heterocycles. The first-order chi connectivity index (χ1) is 14.0.